The minimum absolute atomic E-state index is 0.0651. The summed E-state index contributed by atoms with van der Waals surface area (Å²) in [5.41, 5.74) is 4.23. The molecule has 0 saturated carbocycles. The maximum absolute atomic E-state index is 13.7. The summed E-state index contributed by atoms with van der Waals surface area (Å²) in [5.74, 6) is -0.337. The fraction of sp³-hybridized carbons (Fsp3) is 0.333. The largest absolute Gasteiger partial charge is 0.309 e. The Morgan fingerprint density at radius 3 is 2.58 bits per heavy atom. The van der Waals surface area contributed by atoms with Gasteiger partial charge in [-0.1, -0.05) is 19.4 Å². The number of aryl methyl sites for hydroxylation is 1. The number of benzene rings is 2. The standard InChI is InChI=1S/C24H26F2N4S/c1-3-4-22-13-28-24(14-27-22)29-31-23-6-5-17-7-8-30(15-19(17)11-23)16(2)18-9-20(25)12-21(26)10-18/h5-6,9-14,16H,3-4,7-8,15H2,1-2H3,(H,28,29). The normalized spacial score (nSPS) is 14.8. The summed E-state index contributed by atoms with van der Waals surface area (Å²) in [5, 5.41) is 0. The molecule has 1 unspecified atom stereocenters. The van der Waals surface area contributed by atoms with E-state index in [1.165, 1.54) is 35.2 Å². The minimum Gasteiger partial charge on any atom is -0.309 e. The molecule has 31 heavy (non-hydrogen) atoms. The van der Waals surface area contributed by atoms with Crippen molar-refractivity contribution in [2.24, 2.45) is 0 Å². The number of fused-ring (bicyclic) bond motifs is 1. The van der Waals surface area contributed by atoms with E-state index in [-0.39, 0.29) is 6.04 Å². The lowest BCUT2D eigenvalue weighted by atomic mass is 9.97. The Hall–Kier alpha value is -2.51. The van der Waals surface area contributed by atoms with Crippen LogP contribution in [0.3, 0.4) is 0 Å². The maximum atomic E-state index is 13.7. The van der Waals surface area contributed by atoms with Crippen LogP contribution in [0.2, 0.25) is 0 Å². The van der Waals surface area contributed by atoms with Crippen molar-refractivity contribution in [3.63, 3.8) is 0 Å². The maximum Gasteiger partial charge on any atom is 0.154 e. The molecule has 1 N–H and O–H groups in total. The van der Waals surface area contributed by atoms with Crippen molar-refractivity contribution in [2.45, 2.75) is 50.6 Å². The summed E-state index contributed by atoms with van der Waals surface area (Å²) in [7, 11) is 0. The molecule has 1 aliphatic rings. The number of nitrogens with zero attached hydrogens (tertiary/aromatic N) is 3. The van der Waals surface area contributed by atoms with Gasteiger partial charge in [0, 0.05) is 30.1 Å². The lowest BCUT2D eigenvalue weighted by Gasteiger charge is -2.34. The third kappa shape index (κ3) is 5.40. The quantitative estimate of drug-likeness (QED) is 0.460. The van der Waals surface area contributed by atoms with Crippen LogP contribution in [0.5, 0.6) is 0 Å². The Kier molecular flexibility index (Phi) is 6.83. The monoisotopic (exact) mass is 440 g/mol. The predicted octanol–water partition coefficient (Wildman–Crippen LogP) is 5.95. The van der Waals surface area contributed by atoms with Gasteiger partial charge in [-0.05, 0) is 72.7 Å². The highest BCUT2D eigenvalue weighted by Crippen LogP contribution is 2.31. The number of hydrogen-bond donors (Lipinski definition) is 1. The average Bonchev–Trinajstić information content (AvgIpc) is 2.77. The van der Waals surface area contributed by atoms with Crippen molar-refractivity contribution in [1.82, 2.24) is 14.9 Å². The van der Waals surface area contributed by atoms with E-state index in [1.54, 1.807) is 6.20 Å². The van der Waals surface area contributed by atoms with Gasteiger partial charge in [-0.3, -0.25) is 9.88 Å². The number of anilines is 1. The van der Waals surface area contributed by atoms with E-state index in [1.807, 2.05) is 13.1 Å². The molecule has 1 aliphatic heterocycles. The zero-order valence-corrected chi connectivity index (χ0v) is 18.6. The minimum atomic E-state index is -0.533. The molecular formula is C24H26F2N4S. The first-order valence-electron chi connectivity index (χ1n) is 10.6. The highest BCUT2D eigenvalue weighted by atomic mass is 32.2. The SMILES string of the molecule is CCCc1cnc(NSc2ccc3c(c2)CN(C(C)c2cc(F)cc(F)c2)CC3)cn1. The van der Waals surface area contributed by atoms with Gasteiger partial charge in [0.1, 0.15) is 11.6 Å². The average molecular weight is 441 g/mol. The molecule has 1 atom stereocenters. The molecule has 7 heteroatoms. The van der Waals surface area contributed by atoms with Crippen LogP contribution in [0.15, 0.2) is 53.7 Å². The fourth-order valence-corrected chi connectivity index (χ4v) is 4.55. The topological polar surface area (TPSA) is 41.1 Å². The molecule has 0 saturated heterocycles. The van der Waals surface area contributed by atoms with Gasteiger partial charge in [-0.25, -0.2) is 13.8 Å². The van der Waals surface area contributed by atoms with Gasteiger partial charge in [-0.2, -0.15) is 0 Å². The third-order valence-electron chi connectivity index (χ3n) is 5.62. The molecule has 0 spiro atoms. The fourth-order valence-electron chi connectivity index (χ4n) is 3.88. The molecule has 162 valence electrons. The first kappa shape index (κ1) is 21.7. The van der Waals surface area contributed by atoms with Crippen LogP contribution in [0, 0.1) is 11.6 Å². The molecule has 0 aliphatic carbocycles. The van der Waals surface area contributed by atoms with Gasteiger partial charge < -0.3 is 4.72 Å². The van der Waals surface area contributed by atoms with Crippen molar-refractivity contribution in [1.29, 1.82) is 0 Å². The summed E-state index contributed by atoms with van der Waals surface area (Å²) >= 11 is 1.51. The summed E-state index contributed by atoms with van der Waals surface area (Å²) < 4.78 is 30.6. The Bertz CT molecular complexity index is 1020. The van der Waals surface area contributed by atoms with Gasteiger partial charge >= 0.3 is 0 Å². The van der Waals surface area contributed by atoms with Gasteiger partial charge in [0.05, 0.1) is 18.1 Å². The Labute approximate surface area is 186 Å². The summed E-state index contributed by atoms with van der Waals surface area (Å²) in [6, 6.07) is 10.1. The van der Waals surface area contributed by atoms with E-state index in [0.717, 1.165) is 54.8 Å². The molecule has 2 heterocycles. The van der Waals surface area contributed by atoms with Crippen LogP contribution < -0.4 is 4.72 Å². The van der Waals surface area contributed by atoms with Crippen LogP contribution >= 0.6 is 11.9 Å². The lowest BCUT2D eigenvalue weighted by Crippen LogP contribution is -2.33. The Morgan fingerprint density at radius 1 is 1.06 bits per heavy atom. The molecule has 1 aromatic heterocycles. The molecule has 3 aromatic rings. The van der Waals surface area contributed by atoms with Crippen molar-refractivity contribution < 1.29 is 8.78 Å². The highest BCUT2D eigenvalue weighted by Gasteiger charge is 2.23. The number of nitrogens with one attached hydrogen (secondary N) is 1. The second kappa shape index (κ2) is 9.75. The zero-order chi connectivity index (χ0) is 21.8. The molecule has 2 aromatic carbocycles. The van der Waals surface area contributed by atoms with Crippen LogP contribution in [-0.2, 0) is 19.4 Å². The number of aromatic nitrogens is 2. The van der Waals surface area contributed by atoms with E-state index in [0.29, 0.717) is 5.56 Å². The number of hydrogen-bond acceptors (Lipinski definition) is 5. The lowest BCUT2D eigenvalue weighted by molar-refractivity contribution is 0.191. The first-order valence-corrected chi connectivity index (χ1v) is 11.4. The molecule has 0 bridgehead atoms. The van der Waals surface area contributed by atoms with Gasteiger partial charge in [0.2, 0.25) is 0 Å². The van der Waals surface area contributed by atoms with Crippen LogP contribution in [0.25, 0.3) is 0 Å². The number of halogens is 2. The zero-order valence-electron chi connectivity index (χ0n) is 17.7. The van der Waals surface area contributed by atoms with E-state index < -0.39 is 11.6 Å². The van der Waals surface area contributed by atoms with E-state index >= 15 is 0 Å². The second-order valence-corrected chi connectivity index (χ2v) is 8.76. The third-order valence-corrected chi connectivity index (χ3v) is 6.42. The van der Waals surface area contributed by atoms with E-state index in [4.69, 9.17) is 0 Å². The van der Waals surface area contributed by atoms with E-state index in [2.05, 4.69) is 44.7 Å². The molecule has 0 amide bonds. The number of rotatable bonds is 7. The van der Waals surface area contributed by atoms with Gasteiger partial charge in [-0.15, -0.1) is 0 Å². The smallest absolute Gasteiger partial charge is 0.154 e. The summed E-state index contributed by atoms with van der Waals surface area (Å²) in [6.07, 6.45) is 6.48. The Morgan fingerprint density at radius 2 is 1.87 bits per heavy atom. The van der Waals surface area contributed by atoms with Gasteiger partial charge in [0.15, 0.2) is 5.82 Å². The van der Waals surface area contributed by atoms with Crippen molar-refractivity contribution in [2.75, 3.05) is 11.3 Å². The van der Waals surface area contributed by atoms with Gasteiger partial charge in [0.25, 0.3) is 0 Å². The molecule has 4 rings (SSSR count). The molecule has 0 radical (unpaired) electrons. The van der Waals surface area contributed by atoms with Crippen LogP contribution in [0.4, 0.5) is 14.6 Å². The van der Waals surface area contributed by atoms with Crippen LogP contribution in [-0.4, -0.2) is 21.4 Å². The van der Waals surface area contributed by atoms with Crippen molar-refractivity contribution in [3.8, 4) is 0 Å². The summed E-state index contributed by atoms with van der Waals surface area (Å²) in [4.78, 5) is 12.2. The van der Waals surface area contributed by atoms with Crippen molar-refractivity contribution in [3.05, 3.63) is 82.8 Å². The second-order valence-electron chi connectivity index (χ2n) is 7.88. The van der Waals surface area contributed by atoms with E-state index in [9.17, 15) is 8.78 Å². The Balaban J connectivity index is 1.42. The molecular weight excluding hydrogens is 414 g/mol. The predicted molar refractivity (Wildman–Crippen MR) is 121 cm³/mol. The summed E-state index contributed by atoms with van der Waals surface area (Å²) in [6.45, 7) is 5.73. The first-order chi connectivity index (χ1) is 15.0. The molecule has 0 fully saturated rings. The molecule has 4 nitrogen and oxygen atoms in total. The highest BCUT2D eigenvalue weighted by molar-refractivity contribution is 8.00. The van der Waals surface area contributed by atoms with Crippen molar-refractivity contribution >= 4 is 17.8 Å². The van der Waals surface area contributed by atoms with Crippen LogP contribution in [0.1, 0.15) is 48.7 Å².